The molecule has 0 saturated heterocycles. The highest BCUT2D eigenvalue weighted by atomic mass is 16.5. The lowest BCUT2D eigenvalue weighted by atomic mass is 10.0. The van der Waals surface area contributed by atoms with Crippen molar-refractivity contribution in [3.8, 4) is 5.75 Å². The van der Waals surface area contributed by atoms with Gasteiger partial charge in [-0.15, -0.1) is 10.2 Å². The van der Waals surface area contributed by atoms with Crippen LogP contribution in [0, 0.1) is 0 Å². The molecular formula is C18H20N6O2. The lowest BCUT2D eigenvalue weighted by Gasteiger charge is -2.28. The lowest BCUT2D eigenvalue weighted by Crippen LogP contribution is -2.32. The third-order valence-electron chi connectivity index (χ3n) is 4.49. The molecule has 0 spiro atoms. The first-order valence-electron chi connectivity index (χ1n) is 8.57. The molecule has 8 nitrogen and oxygen atoms in total. The van der Waals surface area contributed by atoms with E-state index in [1.165, 1.54) is 0 Å². The number of benzene rings is 1. The topological polar surface area (TPSA) is 100 Å². The van der Waals surface area contributed by atoms with Crippen molar-refractivity contribution in [1.82, 2.24) is 30.5 Å². The number of ether oxygens (including phenoxy) is 1. The first-order valence-corrected chi connectivity index (χ1v) is 8.57. The van der Waals surface area contributed by atoms with E-state index in [2.05, 4.69) is 25.5 Å². The number of H-pyrrole nitrogens is 1. The van der Waals surface area contributed by atoms with Gasteiger partial charge in [-0.3, -0.25) is 9.88 Å². The molecule has 1 aromatic carbocycles. The normalized spacial score (nSPS) is 17.3. The number of rotatable bonds is 5. The van der Waals surface area contributed by atoms with Crippen LogP contribution in [0.2, 0.25) is 0 Å². The predicted molar refractivity (Wildman–Crippen MR) is 93.4 cm³/mol. The molecule has 1 unspecified atom stereocenters. The maximum absolute atomic E-state index is 9.99. The van der Waals surface area contributed by atoms with Crippen molar-refractivity contribution in [2.24, 2.45) is 0 Å². The Balaban J connectivity index is 1.54. The smallest absolute Gasteiger partial charge is 0.180 e. The van der Waals surface area contributed by atoms with Crippen LogP contribution in [0.25, 0.3) is 0 Å². The van der Waals surface area contributed by atoms with E-state index >= 15 is 0 Å². The van der Waals surface area contributed by atoms with Crippen molar-refractivity contribution < 1.29 is 9.84 Å². The fourth-order valence-electron chi connectivity index (χ4n) is 3.26. The summed E-state index contributed by atoms with van der Waals surface area (Å²) in [5.41, 5.74) is 2.83. The minimum Gasteiger partial charge on any atom is -0.492 e. The Bertz CT molecular complexity index is 854. The van der Waals surface area contributed by atoms with Gasteiger partial charge in [0.2, 0.25) is 0 Å². The highest BCUT2D eigenvalue weighted by molar-refractivity contribution is 5.37. The summed E-state index contributed by atoms with van der Waals surface area (Å²) in [6.45, 7) is 1.96. The summed E-state index contributed by atoms with van der Waals surface area (Å²) in [6.07, 6.45) is 0.527. The van der Waals surface area contributed by atoms with Crippen LogP contribution in [-0.2, 0) is 13.0 Å². The van der Waals surface area contributed by atoms with Crippen molar-refractivity contribution in [3.63, 3.8) is 0 Å². The Morgan fingerprint density at radius 3 is 2.88 bits per heavy atom. The molecule has 134 valence electrons. The third kappa shape index (κ3) is 3.56. The van der Waals surface area contributed by atoms with Gasteiger partial charge < -0.3 is 9.84 Å². The fourth-order valence-corrected chi connectivity index (χ4v) is 3.26. The SMILES string of the molecule is OCC1c2ccccc2OCCN1Cc1cccc(Cc2nn[nH]n2)n1. The van der Waals surface area contributed by atoms with Crippen LogP contribution < -0.4 is 4.74 Å². The summed E-state index contributed by atoms with van der Waals surface area (Å²) in [6, 6.07) is 13.7. The van der Waals surface area contributed by atoms with Crippen molar-refractivity contribution in [2.75, 3.05) is 19.8 Å². The molecule has 1 aliphatic heterocycles. The number of fused-ring (bicyclic) bond motifs is 1. The quantitative estimate of drug-likeness (QED) is 0.709. The van der Waals surface area contributed by atoms with Gasteiger partial charge in [-0.2, -0.15) is 5.21 Å². The van der Waals surface area contributed by atoms with E-state index < -0.39 is 0 Å². The molecule has 0 saturated carbocycles. The largest absolute Gasteiger partial charge is 0.492 e. The van der Waals surface area contributed by atoms with Gasteiger partial charge in [-0.05, 0) is 18.2 Å². The number of aliphatic hydroxyl groups excluding tert-OH is 1. The Labute approximate surface area is 150 Å². The van der Waals surface area contributed by atoms with E-state index in [0.29, 0.717) is 25.4 Å². The minimum atomic E-state index is -0.114. The second kappa shape index (κ2) is 7.59. The van der Waals surface area contributed by atoms with Crippen LogP contribution >= 0.6 is 0 Å². The standard InChI is InChI=1S/C18H20N6O2/c25-12-16-15-6-1-2-7-17(15)26-9-8-24(16)11-14-5-3-4-13(19-14)10-18-20-22-23-21-18/h1-7,16,25H,8-12H2,(H,20,21,22,23). The summed E-state index contributed by atoms with van der Waals surface area (Å²) in [5, 5.41) is 24.0. The Kier molecular flexibility index (Phi) is 4.85. The van der Waals surface area contributed by atoms with Gasteiger partial charge in [0.05, 0.1) is 24.8 Å². The number of hydrogen-bond acceptors (Lipinski definition) is 7. The molecule has 2 N–H and O–H groups in total. The van der Waals surface area contributed by atoms with Gasteiger partial charge in [0.1, 0.15) is 12.4 Å². The zero-order valence-corrected chi connectivity index (χ0v) is 14.2. The average Bonchev–Trinajstić information content (AvgIpc) is 3.10. The van der Waals surface area contributed by atoms with Crippen molar-refractivity contribution in [2.45, 2.75) is 19.0 Å². The molecule has 4 rings (SSSR count). The number of aromatic nitrogens is 5. The second-order valence-electron chi connectivity index (χ2n) is 6.18. The Hall–Kier alpha value is -2.84. The number of tetrazole rings is 1. The maximum atomic E-state index is 9.99. The molecule has 1 aliphatic rings. The van der Waals surface area contributed by atoms with Crippen molar-refractivity contribution in [3.05, 3.63) is 65.2 Å². The van der Waals surface area contributed by atoms with E-state index in [4.69, 9.17) is 9.72 Å². The van der Waals surface area contributed by atoms with Gasteiger partial charge in [0.15, 0.2) is 5.82 Å². The number of nitrogens with one attached hydrogen (secondary N) is 1. The van der Waals surface area contributed by atoms with Crippen molar-refractivity contribution in [1.29, 1.82) is 0 Å². The molecule has 0 fully saturated rings. The monoisotopic (exact) mass is 352 g/mol. The predicted octanol–water partition coefficient (Wildman–Crippen LogP) is 1.11. The molecule has 0 radical (unpaired) electrons. The van der Waals surface area contributed by atoms with Crippen LogP contribution in [0.1, 0.15) is 28.8 Å². The van der Waals surface area contributed by atoms with Gasteiger partial charge in [0.25, 0.3) is 0 Å². The molecule has 3 heterocycles. The first-order chi connectivity index (χ1) is 12.8. The van der Waals surface area contributed by atoms with E-state index in [9.17, 15) is 5.11 Å². The highest BCUT2D eigenvalue weighted by Crippen LogP contribution is 2.32. The Morgan fingerprint density at radius 2 is 2.04 bits per heavy atom. The van der Waals surface area contributed by atoms with Crippen LogP contribution in [0.4, 0.5) is 0 Å². The van der Waals surface area contributed by atoms with Crippen LogP contribution in [-0.4, -0.2) is 55.4 Å². The molecular weight excluding hydrogens is 332 g/mol. The van der Waals surface area contributed by atoms with Gasteiger partial charge in [0, 0.05) is 24.3 Å². The second-order valence-corrected chi connectivity index (χ2v) is 6.18. The molecule has 0 aliphatic carbocycles. The van der Waals surface area contributed by atoms with E-state index in [-0.39, 0.29) is 12.6 Å². The van der Waals surface area contributed by atoms with Gasteiger partial charge >= 0.3 is 0 Å². The number of nitrogens with zero attached hydrogens (tertiary/aromatic N) is 5. The maximum Gasteiger partial charge on any atom is 0.180 e. The molecule has 0 amide bonds. The summed E-state index contributed by atoms with van der Waals surface area (Å²) >= 11 is 0. The van der Waals surface area contributed by atoms with Gasteiger partial charge in [-0.1, -0.05) is 29.5 Å². The molecule has 8 heteroatoms. The van der Waals surface area contributed by atoms with E-state index in [1.54, 1.807) is 0 Å². The minimum absolute atomic E-state index is 0.0307. The number of aliphatic hydroxyl groups is 1. The van der Waals surface area contributed by atoms with Crippen LogP contribution in [0.15, 0.2) is 42.5 Å². The first kappa shape index (κ1) is 16.6. The molecule has 0 bridgehead atoms. The summed E-state index contributed by atoms with van der Waals surface area (Å²) in [4.78, 5) is 6.91. The molecule has 2 aromatic heterocycles. The van der Waals surface area contributed by atoms with Gasteiger partial charge in [-0.25, -0.2) is 0 Å². The Morgan fingerprint density at radius 1 is 1.15 bits per heavy atom. The number of aromatic amines is 1. The zero-order chi connectivity index (χ0) is 17.8. The summed E-state index contributed by atoms with van der Waals surface area (Å²) in [7, 11) is 0. The molecule has 26 heavy (non-hydrogen) atoms. The number of para-hydroxylation sites is 1. The fraction of sp³-hybridized carbons (Fsp3) is 0.333. The average molecular weight is 352 g/mol. The lowest BCUT2D eigenvalue weighted by molar-refractivity contribution is 0.113. The van der Waals surface area contributed by atoms with E-state index in [1.807, 2.05) is 42.5 Å². The molecule has 1 atom stereocenters. The van der Waals surface area contributed by atoms with Crippen LogP contribution in [0.5, 0.6) is 5.75 Å². The molecule has 3 aromatic rings. The number of hydrogen-bond donors (Lipinski definition) is 2. The van der Waals surface area contributed by atoms with E-state index in [0.717, 1.165) is 29.2 Å². The zero-order valence-electron chi connectivity index (χ0n) is 14.2. The summed E-state index contributed by atoms with van der Waals surface area (Å²) in [5.74, 6) is 1.45. The van der Waals surface area contributed by atoms with Crippen molar-refractivity contribution >= 4 is 0 Å². The number of pyridine rings is 1. The summed E-state index contributed by atoms with van der Waals surface area (Å²) < 4.78 is 5.84. The highest BCUT2D eigenvalue weighted by Gasteiger charge is 2.26. The third-order valence-corrected chi connectivity index (χ3v) is 4.49. The van der Waals surface area contributed by atoms with Crippen LogP contribution in [0.3, 0.4) is 0 Å².